The molecule has 0 aliphatic rings. The molecule has 0 radical (unpaired) electrons. The van der Waals surface area contributed by atoms with E-state index < -0.39 is 9.05 Å². The van der Waals surface area contributed by atoms with Crippen LogP contribution in [0.5, 0.6) is 0 Å². The van der Waals surface area contributed by atoms with Gasteiger partial charge < -0.3 is 0 Å². The van der Waals surface area contributed by atoms with Crippen LogP contribution in [0.25, 0.3) is 10.9 Å². The topological polar surface area (TPSA) is 52.0 Å². The van der Waals surface area contributed by atoms with E-state index in [0.717, 1.165) is 17.6 Å². The van der Waals surface area contributed by atoms with E-state index >= 15 is 0 Å². The van der Waals surface area contributed by atoms with Crippen molar-refractivity contribution in [2.75, 3.05) is 0 Å². The van der Waals surface area contributed by atoms with Gasteiger partial charge in [-0.05, 0) is 32.0 Å². The summed E-state index contributed by atoms with van der Waals surface area (Å²) in [6, 6.07) is 4.73. The normalized spacial score (nSPS) is 12.2. The van der Waals surface area contributed by atoms with Gasteiger partial charge in [-0.2, -0.15) is 5.10 Å². The van der Waals surface area contributed by atoms with Gasteiger partial charge in [0.05, 0.1) is 10.4 Å². The van der Waals surface area contributed by atoms with E-state index in [-0.39, 0.29) is 4.90 Å². The van der Waals surface area contributed by atoms with Crippen molar-refractivity contribution in [1.29, 1.82) is 0 Å². The molecule has 2 aromatic rings. The average molecular weight is 259 g/mol. The molecule has 0 saturated heterocycles. The Hall–Kier alpha value is -1.07. The van der Waals surface area contributed by atoms with Crippen molar-refractivity contribution in [3.05, 3.63) is 23.9 Å². The third-order valence-electron chi connectivity index (χ3n) is 2.56. The smallest absolute Gasteiger partial charge is 0.261 e. The molecule has 0 aliphatic carbocycles. The van der Waals surface area contributed by atoms with Crippen LogP contribution < -0.4 is 0 Å². The van der Waals surface area contributed by atoms with Gasteiger partial charge in [0.1, 0.15) is 0 Å². The highest BCUT2D eigenvalue weighted by molar-refractivity contribution is 8.13. The number of hydrogen-bond donors (Lipinski definition) is 0. The van der Waals surface area contributed by atoms with E-state index in [4.69, 9.17) is 10.7 Å². The van der Waals surface area contributed by atoms with E-state index in [0.29, 0.717) is 5.52 Å². The molecule has 0 atom stereocenters. The molecule has 1 aromatic heterocycles. The molecule has 0 unspecified atom stereocenters. The van der Waals surface area contributed by atoms with Gasteiger partial charge in [-0.15, -0.1) is 0 Å². The summed E-state index contributed by atoms with van der Waals surface area (Å²) >= 11 is 0. The summed E-state index contributed by atoms with van der Waals surface area (Å²) in [4.78, 5) is 0.0856. The van der Waals surface area contributed by atoms with Crippen LogP contribution in [0.4, 0.5) is 0 Å². The van der Waals surface area contributed by atoms with E-state index in [2.05, 4.69) is 5.10 Å². The minimum atomic E-state index is -3.68. The van der Waals surface area contributed by atoms with Crippen molar-refractivity contribution in [2.24, 2.45) is 0 Å². The fraction of sp³-hybridized carbons (Fsp3) is 0.300. The van der Waals surface area contributed by atoms with Crippen molar-refractivity contribution in [3.8, 4) is 0 Å². The quantitative estimate of drug-likeness (QED) is 0.777. The highest BCUT2D eigenvalue weighted by Crippen LogP contribution is 2.23. The molecule has 1 aromatic carbocycles. The number of hydrogen-bond acceptors (Lipinski definition) is 3. The number of nitrogens with zero attached hydrogens (tertiary/aromatic N) is 2. The lowest BCUT2D eigenvalue weighted by Crippen LogP contribution is -1.97. The first-order chi connectivity index (χ1) is 7.43. The Balaban J connectivity index is 2.73. The summed E-state index contributed by atoms with van der Waals surface area (Å²) < 4.78 is 24.2. The molecule has 1 heterocycles. The molecule has 0 fully saturated rings. The van der Waals surface area contributed by atoms with Crippen molar-refractivity contribution >= 4 is 30.6 Å². The second-order valence-corrected chi connectivity index (χ2v) is 6.08. The molecule has 0 amide bonds. The van der Waals surface area contributed by atoms with Crippen LogP contribution in [0.1, 0.15) is 12.6 Å². The van der Waals surface area contributed by atoms with Gasteiger partial charge in [0.2, 0.25) is 0 Å². The Morgan fingerprint density at radius 1 is 1.44 bits per heavy atom. The lowest BCUT2D eigenvalue weighted by atomic mass is 10.2. The van der Waals surface area contributed by atoms with Gasteiger partial charge in [-0.3, -0.25) is 4.68 Å². The Morgan fingerprint density at radius 2 is 2.12 bits per heavy atom. The molecule has 86 valence electrons. The number of rotatable bonds is 2. The van der Waals surface area contributed by atoms with Gasteiger partial charge in [-0.25, -0.2) is 8.42 Å². The summed E-state index contributed by atoms with van der Waals surface area (Å²) in [5, 5.41) is 5.25. The summed E-state index contributed by atoms with van der Waals surface area (Å²) in [6.45, 7) is 4.69. The maximum Gasteiger partial charge on any atom is 0.261 e. The minimum absolute atomic E-state index is 0.0856. The number of halogens is 1. The van der Waals surface area contributed by atoms with Crippen LogP contribution >= 0.6 is 10.7 Å². The molecule has 16 heavy (non-hydrogen) atoms. The Bertz CT molecular complexity index is 646. The third-order valence-corrected chi connectivity index (χ3v) is 3.91. The lowest BCUT2D eigenvalue weighted by Gasteiger charge is -1.96. The molecular formula is C10H11ClN2O2S. The van der Waals surface area contributed by atoms with E-state index in [9.17, 15) is 8.42 Å². The van der Waals surface area contributed by atoms with E-state index in [1.807, 2.05) is 18.5 Å². The fourth-order valence-electron chi connectivity index (χ4n) is 1.70. The molecule has 2 rings (SSSR count). The molecule has 0 N–H and O–H groups in total. The van der Waals surface area contributed by atoms with Crippen LogP contribution in [0.15, 0.2) is 23.1 Å². The predicted octanol–water partition coefficient (Wildman–Crippen LogP) is 2.29. The van der Waals surface area contributed by atoms with Gasteiger partial charge in [0.15, 0.2) is 0 Å². The first kappa shape index (κ1) is 11.4. The number of fused-ring (bicyclic) bond motifs is 1. The van der Waals surface area contributed by atoms with Crippen molar-refractivity contribution in [1.82, 2.24) is 9.78 Å². The first-order valence-corrected chi connectivity index (χ1v) is 7.16. The molecule has 0 aliphatic heterocycles. The number of aryl methyl sites for hydroxylation is 2. The van der Waals surface area contributed by atoms with Crippen LogP contribution in [0.3, 0.4) is 0 Å². The Labute approximate surface area is 98.2 Å². The van der Waals surface area contributed by atoms with Crippen molar-refractivity contribution < 1.29 is 8.42 Å². The molecule has 4 nitrogen and oxygen atoms in total. The summed E-state index contributed by atoms with van der Waals surface area (Å²) in [5.41, 5.74) is 1.68. The lowest BCUT2D eigenvalue weighted by molar-refractivity contribution is 0.609. The SMILES string of the molecule is CCn1nc2cc(S(=O)(=O)Cl)ccc2c1C. The molecule has 0 saturated carbocycles. The fourth-order valence-corrected chi connectivity index (χ4v) is 2.47. The predicted molar refractivity (Wildman–Crippen MR) is 63.2 cm³/mol. The zero-order valence-electron chi connectivity index (χ0n) is 8.94. The van der Waals surface area contributed by atoms with Gasteiger partial charge >= 0.3 is 0 Å². The molecule has 0 bridgehead atoms. The third kappa shape index (κ3) is 1.81. The molecule has 6 heteroatoms. The Kier molecular flexibility index (Phi) is 2.67. The number of benzene rings is 1. The minimum Gasteiger partial charge on any atom is -0.269 e. The largest absolute Gasteiger partial charge is 0.269 e. The second kappa shape index (κ2) is 3.75. The standard InChI is InChI=1S/C10H11ClN2O2S/c1-3-13-7(2)9-5-4-8(16(11,14)15)6-10(9)12-13/h4-6H,3H2,1-2H3. The number of aromatic nitrogens is 2. The Morgan fingerprint density at radius 3 is 2.69 bits per heavy atom. The van der Waals surface area contributed by atoms with Crippen molar-refractivity contribution in [2.45, 2.75) is 25.3 Å². The first-order valence-electron chi connectivity index (χ1n) is 4.85. The maximum absolute atomic E-state index is 11.2. The van der Waals surface area contributed by atoms with Crippen LogP contribution in [-0.4, -0.2) is 18.2 Å². The zero-order chi connectivity index (χ0) is 11.9. The zero-order valence-corrected chi connectivity index (χ0v) is 10.5. The van der Waals surface area contributed by atoms with Crippen LogP contribution in [-0.2, 0) is 15.6 Å². The second-order valence-electron chi connectivity index (χ2n) is 3.52. The monoisotopic (exact) mass is 258 g/mol. The summed E-state index contributed by atoms with van der Waals surface area (Å²) in [7, 11) is 1.60. The molecular weight excluding hydrogens is 248 g/mol. The van der Waals surface area contributed by atoms with Crippen LogP contribution in [0, 0.1) is 6.92 Å². The summed E-state index contributed by atoms with van der Waals surface area (Å²) in [5.74, 6) is 0. The van der Waals surface area contributed by atoms with E-state index in [1.165, 1.54) is 12.1 Å². The van der Waals surface area contributed by atoms with Gasteiger partial charge in [0, 0.05) is 28.3 Å². The highest BCUT2D eigenvalue weighted by Gasteiger charge is 2.13. The summed E-state index contributed by atoms with van der Waals surface area (Å²) in [6.07, 6.45) is 0. The van der Waals surface area contributed by atoms with Crippen molar-refractivity contribution in [3.63, 3.8) is 0 Å². The van der Waals surface area contributed by atoms with Gasteiger partial charge in [-0.1, -0.05) is 0 Å². The van der Waals surface area contributed by atoms with Gasteiger partial charge in [0.25, 0.3) is 9.05 Å². The van der Waals surface area contributed by atoms with E-state index in [1.54, 1.807) is 6.07 Å². The van der Waals surface area contributed by atoms with Crippen LogP contribution in [0.2, 0.25) is 0 Å². The maximum atomic E-state index is 11.2. The highest BCUT2D eigenvalue weighted by atomic mass is 35.7. The average Bonchev–Trinajstić information content (AvgIpc) is 2.54. The molecule has 0 spiro atoms.